The van der Waals surface area contributed by atoms with Crippen molar-refractivity contribution in [1.29, 1.82) is 0 Å². The van der Waals surface area contributed by atoms with Crippen LogP contribution in [0.4, 0.5) is 0 Å². The van der Waals surface area contributed by atoms with Crippen LogP contribution < -0.4 is 5.32 Å². The van der Waals surface area contributed by atoms with Crippen molar-refractivity contribution in [2.75, 3.05) is 39.3 Å². The molecule has 1 saturated carbocycles. The van der Waals surface area contributed by atoms with Gasteiger partial charge in [-0.1, -0.05) is 19.3 Å². The van der Waals surface area contributed by atoms with Gasteiger partial charge in [0.1, 0.15) is 0 Å². The number of halogens is 1. The lowest BCUT2D eigenvalue weighted by Gasteiger charge is -2.32. The van der Waals surface area contributed by atoms with Gasteiger partial charge < -0.3 is 10.2 Å². The molecule has 1 atom stereocenters. The lowest BCUT2D eigenvalue weighted by molar-refractivity contribution is 0.0771. The van der Waals surface area contributed by atoms with Gasteiger partial charge in [-0.15, -0.1) is 12.4 Å². The molecule has 2 saturated heterocycles. The molecule has 0 bridgehead atoms. The SMILES string of the molecule is Cl.Cn1cc(C(=O)N2CCC(N3CCNCC3)C2)c(C2CCCCC2)n1. The minimum Gasteiger partial charge on any atom is -0.337 e. The molecule has 2 aliphatic heterocycles. The Kier molecular flexibility index (Phi) is 6.59. The Hall–Kier alpha value is -1.11. The number of aryl methyl sites for hydroxylation is 1. The van der Waals surface area contributed by atoms with E-state index in [-0.39, 0.29) is 18.3 Å². The van der Waals surface area contributed by atoms with Crippen molar-refractivity contribution in [2.24, 2.45) is 7.05 Å². The molecule has 0 radical (unpaired) electrons. The number of rotatable bonds is 3. The molecule has 1 amide bonds. The minimum atomic E-state index is 0. The first-order chi connectivity index (χ1) is 12.2. The molecular weight excluding hydrogens is 350 g/mol. The van der Waals surface area contributed by atoms with Crippen LogP contribution in [0.15, 0.2) is 6.20 Å². The largest absolute Gasteiger partial charge is 0.337 e. The van der Waals surface area contributed by atoms with Crippen molar-refractivity contribution >= 4 is 18.3 Å². The smallest absolute Gasteiger partial charge is 0.257 e. The Morgan fingerprint density at radius 3 is 2.58 bits per heavy atom. The molecule has 3 heterocycles. The molecule has 26 heavy (non-hydrogen) atoms. The highest BCUT2D eigenvalue weighted by molar-refractivity contribution is 5.95. The van der Waals surface area contributed by atoms with Crippen molar-refractivity contribution in [2.45, 2.75) is 50.5 Å². The summed E-state index contributed by atoms with van der Waals surface area (Å²) in [7, 11) is 1.94. The molecule has 0 aromatic carbocycles. The van der Waals surface area contributed by atoms with Crippen molar-refractivity contribution in [3.05, 3.63) is 17.5 Å². The number of nitrogens with one attached hydrogen (secondary N) is 1. The third kappa shape index (κ3) is 4.07. The highest BCUT2D eigenvalue weighted by Crippen LogP contribution is 2.34. The van der Waals surface area contributed by atoms with Crippen LogP contribution in [0.2, 0.25) is 0 Å². The second-order valence-corrected chi connectivity index (χ2v) is 7.92. The quantitative estimate of drug-likeness (QED) is 0.870. The molecule has 1 unspecified atom stereocenters. The summed E-state index contributed by atoms with van der Waals surface area (Å²) in [6, 6.07) is 0.529. The van der Waals surface area contributed by atoms with Crippen LogP contribution in [0, 0.1) is 0 Å². The number of carbonyl (C=O) groups is 1. The number of likely N-dealkylation sites (tertiary alicyclic amines) is 1. The first-order valence-corrected chi connectivity index (χ1v) is 10.00. The molecule has 4 rings (SSSR count). The lowest BCUT2D eigenvalue weighted by Crippen LogP contribution is -2.49. The van der Waals surface area contributed by atoms with E-state index in [4.69, 9.17) is 0 Å². The molecule has 1 aromatic rings. The number of piperazine rings is 1. The average Bonchev–Trinajstić information content (AvgIpc) is 3.30. The Balaban J connectivity index is 0.00000196. The molecule has 3 fully saturated rings. The maximum absolute atomic E-state index is 13.2. The second-order valence-electron chi connectivity index (χ2n) is 7.92. The zero-order valence-electron chi connectivity index (χ0n) is 15.8. The molecular formula is C19H32ClN5O. The Labute approximate surface area is 162 Å². The summed E-state index contributed by atoms with van der Waals surface area (Å²) >= 11 is 0. The van der Waals surface area contributed by atoms with Gasteiger partial charge in [0.25, 0.3) is 5.91 Å². The van der Waals surface area contributed by atoms with Crippen molar-refractivity contribution < 1.29 is 4.79 Å². The zero-order valence-corrected chi connectivity index (χ0v) is 16.6. The fourth-order valence-corrected chi connectivity index (χ4v) is 4.79. The van der Waals surface area contributed by atoms with Gasteiger partial charge in [0, 0.05) is 64.5 Å². The number of amides is 1. The van der Waals surface area contributed by atoms with Crippen LogP contribution in [0.5, 0.6) is 0 Å². The van der Waals surface area contributed by atoms with E-state index >= 15 is 0 Å². The maximum Gasteiger partial charge on any atom is 0.257 e. The van der Waals surface area contributed by atoms with Crippen molar-refractivity contribution in [3.63, 3.8) is 0 Å². The highest BCUT2D eigenvalue weighted by atomic mass is 35.5. The molecule has 1 N–H and O–H groups in total. The molecule has 3 aliphatic rings. The number of hydrogen-bond acceptors (Lipinski definition) is 4. The van der Waals surface area contributed by atoms with E-state index in [1.807, 2.05) is 17.9 Å². The minimum absolute atomic E-state index is 0. The maximum atomic E-state index is 13.2. The number of nitrogens with zero attached hydrogens (tertiary/aromatic N) is 4. The number of carbonyl (C=O) groups excluding carboxylic acids is 1. The van der Waals surface area contributed by atoms with E-state index in [1.165, 1.54) is 32.1 Å². The molecule has 1 aliphatic carbocycles. The van der Waals surface area contributed by atoms with Gasteiger partial charge in [-0.3, -0.25) is 14.4 Å². The van der Waals surface area contributed by atoms with E-state index in [0.717, 1.165) is 56.9 Å². The standard InChI is InChI=1S/C19H31N5O.ClH/c1-22-14-17(18(21-22)15-5-3-2-4-6-15)19(25)24-10-7-16(13-24)23-11-8-20-9-12-23;/h14-16,20H,2-13H2,1H3;1H. The topological polar surface area (TPSA) is 53.4 Å². The number of hydrogen-bond donors (Lipinski definition) is 1. The third-order valence-corrected chi connectivity index (χ3v) is 6.20. The van der Waals surface area contributed by atoms with Crippen LogP contribution in [0.25, 0.3) is 0 Å². The first kappa shape index (κ1) is 19.6. The van der Waals surface area contributed by atoms with E-state index in [2.05, 4.69) is 20.2 Å². The van der Waals surface area contributed by atoms with Crippen LogP contribution in [-0.4, -0.2) is 70.8 Å². The van der Waals surface area contributed by atoms with Gasteiger partial charge in [-0.05, 0) is 19.3 Å². The molecule has 6 nitrogen and oxygen atoms in total. The lowest BCUT2D eigenvalue weighted by atomic mass is 9.85. The summed E-state index contributed by atoms with van der Waals surface area (Å²) in [5, 5.41) is 8.10. The predicted octanol–water partition coefficient (Wildman–Crippen LogP) is 2.01. The third-order valence-electron chi connectivity index (χ3n) is 6.20. The van der Waals surface area contributed by atoms with Gasteiger partial charge in [-0.2, -0.15) is 5.10 Å². The molecule has 146 valence electrons. The summed E-state index contributed by atoms with van der Waals surface area (Å²) in [5.74, 6) is 0.673. The zero-order chi connectivity index (χ0) is 17.2. The van der Waals surface area contributed by atoms with Crippen molar-refractivity contribution in [1.82, 2.24) is 24.9 Å². The molecule has 7 heteroatoms. The van der Waals surface area contributed by atoms with Gasteiger partial charge >= 0.3 is 0 Å². The second kappa shape index (κ2) is 8.72. The Bertz CT molecular complexity index is 607. The summed E-state index contributed by atoms with van der Waals surface area (Å²) in [4.78, 5) is 17.8. The fraction of sp³-hybridized carbons (Fsp3) is 0.789. The summed E-state index contributed by atoms with van der Waals surface area (Å²) < 4.78 is 1.83. The van der Waals surface area contributed by atoms with Crippen LogP contribution in [-0.2, 0) is 7.05 Å². The van der Waals surface area contributed by atoms with Crippen LogP contribution >= 0.6 is 12.4 Å². The molecule has 1 aromatic heterocycles. The first-order valence-electron chi connectivity index (χ1n) is 10.00. The fourth-order valence-electron chi connectivity index (χ4n) is 4.79. The van der Waals surface area contributed by atoms with E-state index < -0.39 is 0 Å². The van der Waals surface area contributed by atoms with Gasteiger partial charge in [0.05, 0.1) is 11.3 Å². The highest BCUT2D eigenvalue weighted by Gasteiger charge is 2.34. The normalized spacial score (nSPS) is 25.3. The predicted molar refractivity (Wildman–Crippen MR) is 105 cm³/mol. The average molecular weight is 382 g/mol. The van der Waals surface area contributed by atoms with Crippen LogP contribution in [0.3, 0.4) is 0 Å². The van der Waals surface area contributed by atoms with E-state index in [1.54, 1.807) is 0 Å². The number of aromatic nitrogens is 2. The van der Waals surface area contributed by atoms with Gasteiger partial charge in [-0.25, -0.2) is 0 Å². The summed E-state index contributed by atoms with van der Waals surface area (Å²) in [5.41, 5.74) is 1.91. The van der Waals surface area contributed by atoms with Gasteiger partial charge in [0.2, 0.25) is 0 Å². The van der Waals surface area contributed by atoms with Gasteiger partial charge in [0.15, 0.2) is 0 Å². The van der Waals surface area contributed by atoms with Crippen molar-refractivity contribution in [3.8, 4) is 0 Å². The summed E-state index contributed by atoms with van der Waals surface area (Å²) in [6.45, 7) is 6.10. The Morgan fingerprint density at radius 2 is 1.85 bits per heavy atom. The Morgan fingerprint density at radius 1 is 1.12 bits per heavy atom. The van der Waals surface area contributed by atoms with E-state index in [0.29, 0.717) is 12.0 Å². The summed E-state index contributed by atoms with van der Waals surface area (Å²) in [6.07, 6.45) is 9.27. The van der Waals surface area contributed by atoms with Crippen LogP contribution in [0.1, 0.15) is 60.5 Å². The molecule has 0 spiro atoms. The monoisotopic (exact) mass is 381 g/mol. The van der Waals surface area contributed by atoms with E-state index in [9.17, 15) is 4.79 Å².